The van der Waals surface area contributed by atoms with Crippen LogP contribution in [0.15, 0.2) is 24.3 Å². The van der Waals surface area contributed by atoms with Gasteiger partial charge in [0.05, 0.1) is 17.6 Å². The average molecular weight is 189 g/mol. The van der Waals surface area contributed by atoms with Gasteiger partial charge in [-0.25, -0.2) is 0 Å². The molecule has 0 aromatic heterocycles. The highest BCUT2D eigenvalue weighted by atomic mass is 16.4. The maximum absolute atomic E-state index is 10.6. The molecule has 0 unspecified atom stereocenters. The number of benzene rings is 1. The fourth-order valence-corrected chi connectivity index (χ4v) is 1.16. The number of hydrogen-bond acceptors (Lipinski definition) is 2. The number of rotatable bonds is 3. The van der Waals surface area contributed by atoms with E-state index in [1.807, 2.05) is 6.07 Å². The minimum absolute atomic E-state index is 0.386. The molecule has 0 aliphatic carbocycles. The molecule has 0 radical (unpaired) electrons. The van der Waals surface area contributed by atoms with Crippen LogP contribution in [0.1, 0.15) is 18.1 Å². The normalized spacial score (nSPS) is 11.7. The lowest BCUT2D eigenvalue weighted by atomic mass is 10.0. The molecule has 0 saturated carbocycles. The Hall–Kier alpha value is -1.82. The molecule has 0 aliphatic heterocycles. The molecule has 3 nitrogen and oxygen atoms in total. The third-order valence-electron chi connectivity index (χ3n) is 2.05. The predicted molar refractivity (Wildman–Crippen MR) is 51.7 cm³/mol. The summed E-state index contributed by atoms with van der Waals surface area (Å²) in [7, 11) is 0. The first-order valence-electron chi connectivity index (χ1n) is 4.35. The smallest absolute Gasteiger partial charge is 0.306 e. The zero-order valence-corrected chi connectivity index (χ0v) is 7.90. The van der Waals surface area contributed by atoms with Crippen molar-refractivity contribution in [3.63, 3.8) is 0 Å². The second-order valence-electron chi connectivity index (χ2n) is 3.25. The van der Waals surface area contributed by atoms with Crippen LogP contribution in [0.4, 0.5) is 0 Å². The second kappa shape index (κ2) is 4.43. The van der Waals surface area contributed by atoms with Gasteiger partial charge in [-0.2, -0.15) is 5.26 Å². The summed E-state index contributed by atoms with van der Waals surface area (Å²) in [5.74, 6) is -1.18. The third kappa shape index (κ3) is 2.60. The van der Waals surface area contributed by atoms with Crippen molar-refractivity contribution in [1.82, 2.24) is 0 Å². The molecular formula is C11H11NO2. The summed E-state index contributed by atoms with van der Waals surface area (Å²) in [6.07, 6.45) is 0.501. The van der Waals surface area contributed by atoms with Crippen molar-refractivity contribution < 1.29 is 9.90 Å². The van der Waals surface area contributed by atoms with E-state index < -0.39 is 5.97 Å². The Morgan fingerprint density at radius 3 is 2.50 bits per heavy atom. The van der Waals surface area contributed by atoms with Crippen LogP contribution in [0, 0.1) is 17.2 Å². The summed E-state index contributed by atoms with van der Waals surface area (Å²) >= 11 is 0. The molecule has 0 fully saturated rings. The number of nitrogens with zero attached hydrogens (tertiary/aromatic N) is 1. The largest absolute Gasteiger partial charge is 0.481 e. The topological polar surface area (TPSA) is 61.1 Å². The number of hydrogen-bond donors (Lipinski definition) is 1. The summed E-state index contributed by atoms with van der Waals surface area (Å²) in [6, 6.07) is 8.99. The Balaban J connectivity index is 2.70. The molecule has 1 N–H and O–H groups in total. The predicted octanol–water partition coefficient (Wildman–Crippen LogP) is 1.82. The van der Waals surface area contributed by atoms with Gasteiger partial charge in [0.25, 0.3) is 0 Å². The zero-order valence-electron chi connectivity index (χ0n) is 7.90. The van der Waals surface area contributed by atoms with Gasteiger partial charge in [-0.15, -0.1) is 0 Å². The molecule has 3 heteroatoms. The molecule has 0 spiro atoms. The lowest BCUT2D eigenvalue weighted by Crippen LogP contribution is -2.12. The van der Waals surface area contributed by atoms with E-state index in [4.69, 9.17) is 10.4 Å². The van der Waals surface area contributed by atoms with E-state index in [-0.39, 0.29) is 5.92 Å². The number of aliphatic carboxylic acids is 1. The molecule has 14 heavy (non-hydrogen) atoms. The minimum Gasteiger partial charge on any atom is -0.481 e. The van der Waals surface area contributed by atoms with Gasteiger partial charge < -0.3 is 5.11 Å². The van der Waals surface area contributed by atoms with Crippen molar-refractivity contribution in [2.24, 2.45) is 5.92 Å². The fourth-order valence-electron chi connectivity index (χ4n) is 1.16. The maximum atomic E-state index is 10.6. The van der Waals surface area contributed by atoms with Crippen LogP contribution in [-0.2, 0) is 11.2 Å². The molecule has 0 bridgehead atoms. The Kier molecular flexibility index (Phi) is 3.24. The highest BCUT2D eigenvalue weighted by molar-refractivity contribution is 5.69. The van der Waals surface area contributed by atoms with Gasteiger partial charge in [0.1, 0.15) is 0 Å². The van der Waals surface area contributed by atoms with Crippen molar-refractivity contribution in [2.75, 3.05) is 0 Å². The second-order valence-corrected chi connectivity index (χ2v) is 3.25. The third-order valence-corrected chi connectivity index (χ3v) is 2.05. The van der Waals surface area contributed by atoms with Gasteiger partial charge in [0.2, 0.25) is 0 Å². The lowest BCUT2D eigenvalue weighted by Gasteiger charge is -2.05. The highest BCUT2D eigenvalue weighted by Gasteiger charge is 2.10. The number of carbonyl (C=O) groups is 1. The maximum Gasteiger partial charge on any atom is 0.306 e. The molecular weight excluding hydrogens is 178 g/mol. The van der Waals surface area contributed by atoms with Crippen LogP contribution in [0.3, 0.4) is 0 Å². The van der Waals surface area contributed by atoms with E-state index in [1.54, 1.807) is 31.2 Å². The average Bonchev–Trinajstić information content (AvgIpc) is 2.19. The van der Waals surface area contributed by atoms with Gasteiger partial charge in [-0.1, -0.05) is 19.1 Å². The molecule has 0 saturated heterocycles. The fraction of sp³-hybridized carbons (Fsp3) is 0.273. The van der Waals surface area contributed by atoms with Crippen molar-refractivity contribution in [3.8, 4) is 6.07 Å². The molecule has 1 atom stereocenters. The van der Waals surface area contributed by atoms with Crippen molar-refractivity contribution in [3.05, 3.63) is 35.4 Å². The van der Waals surface area contributed by atoms with Gasteiger partial charge in [-0.05, 0) is 24.1 Å². The molecule has 72 valence electrons. The van der Waals surface area contributed by atoms with E-state index in [0.29, 0.717) is 12.0 Å². The first kappa shape index (κ1) is 10.3. The molecule has 1 rings (SSSR count). The number of carboxylic acids is 1. The molecule has 0 heterocycles. The van der Waals surface area contributed by atoms with Crippen molar-refractivity contribution in [1.29, 1.82) is 5.26 Å². The number of nitriles is 1. The molecule has 1 aromatic rings. The van der Waals surface area contributed by atoms with Gasteiger partial charge >= 0.3 is 5.97 Å². The van der Waals surface area contributed by atoms with E-state index >= 15 is 0 Å². The summed E-state index contributed by atoms with van der Waals surface area (Å²) in [5.41, 5.74) is 1.54. The van der Waals surface area contributed by atoms with Crippen LogP contribution >= 0.6 is 0 Å². The van der Waals surface area contributed by atoms with Crippen LogP contribution in [0.25, 0.3) is 0 Å². The Bertz CT molecular complexity index is 362. The van der Waals surface area contributed by atoms with Gasteiger partial charge in [0, 0.05) is 0 Å². The zero-order chi connectivity index (χ0) is 10.6. The monoisotopic (exact) mass is 189 g/mol. The Labute approximate surface area is 82.6 Å². The van der Waals surface area contributed by atoms with Gasteiger partial charge in [-0.3, -0.25) is 4.79 Å². The van der Waals surface area contributed by atoms with E-state index in [9.17, 15) is 4.79 Å². The lowest BCUT2D eigenvalue weighted by molar-refractivity contribution is -0.141. The Morgan fingerprint density at radius 2 is 2.07 bits per heavy atom. The summed E-state index contributed by atoms with van der Waals surface area (Å²) in [5, 5.41) is 17.2. The van der Waals surface area contributed by atoms with Crippen LogP contribution < -0.4 is 0 Å². The van der Waals surface area contributed by atoms with E-state index in [1.165, 1.54) is 0 Å². The summed E-state index contributed by atoms with van der Waals surface area (Å²) in [6.45, 7) is 1.67. The molecule has 1 aromatic carbocycles. The molecule has 0 amide bonds. The first-order valence-corrected chi connectivity index (χ1v) is 4.35. The Morgan fingerprint density at radius 1 is 1.50 bits per heavy atom. The SMILES string of the molecule is C[C@@H](Cc1ccc(C#N)cc1)C(=O)O. The van der Waals surface area contributed by atoms with Crippen LogP contribution in [-0.4, -0.2) is 11.1 Å². The molecule has 0 aliphatic rings. The summed E-state index contributed by atoms with van der Waals surface area (Å²) < 4.78 is 0. The highest BCUT2D eigenvalue weighted by Crippen LogP contribution is 2.09. The summed E-state index contributed by atoms with van der Waals surface area (Å²) in [4.78, 5) is 10.6. The van der Waals surface area contributed by atoms with Gasteiger partial charge in [0.15, 0.2) is 0 Å². The van der Waals surface area contributed by atoms with Crippen LogP contribution in [0.2, 0.25) is 0 Å². The number of carboxylic acid groups (broad SMARTS) is 1. The van der Waals surface area contributed by atoms with E-state index in [2.05, 4.69) is 0 Å². The standard InChI is InChI=1S/C11H11NO2/c1-8(11(13)14)6-9-2-4-10(7-12)5-3-9/h2-5,8H,6H2,1H3,(H,13,14)/t8-/m0/s1. The quantitative estimate of drug-likeness (QED) is 0.788. The van der Waals surface area contributed by atoms with Crippen molar-refractivity contribution in [2.45, 2.75) is 13.3 Å². The van der Waals surface area contributed by atoms with Crippen LogP contribution in [0.5, 0.6) is 0 Å². The van der Waals surface area contributed by atoms with E-state index in [0.717, 1.165) is 5.56 Å². The minimum atomic E-state index is -0.797. The van der Waals surface area contributed by atoms with Crippen molar-refractivity contribution >= 4 is 5.97 Å². The first-order chi connectivity index (χ1) is 6.63.